The summed E-state index contributed by atoms with van der Waals surface area (Å²) in [5.74, 6) is 2.36. The van der Waals surface area contributed by atoms with Crippen molar-refractivity contribution in [2.45, 2.75) is 38.8 Å². The number of pyridine rings is 1. The summed E-state index contributed by atoms with van der Waals surface area (Å²) < 4.78 is 2.32. The van der Waals surface area contributed by atoms with E-state index in [0.717, 1.165) is 44.8 Å². The Bertz CT molecular complexity index is 707. The molecule has 0 aromatic carbocycles. The van der Waals surface area contributed by atoms with E-state index in [9.17, 15) is 4.79 Å². The Balaban J connectivity index is 1.38. The molecule has 1 fully saturated rings. The monoisotopic (exact) mass is 338 g/mol. The normalized spacial score (nSPS) is 20.0. The van der Waals surface area contributed by atoms with E-state index < -0.39 is 0 Å². The second kappa shape index (κ2) is 7.30. The maximum absolute atomic E-state index is 12.7. The summed E-state index contributed by atoms with van der Waals surface area (Å²) in [6, 6.07) is 10.1. The van der Waals surface area contributed by atoms with Crippen LogP contribution in [0.1, 0.15) is 31.4 Å². The van der Waals surface area contributed by atoms with Crippen molar-refractivity contribution in [1.29, 1.82) is 0 Å². The van der Waals surface area contributed by atoms with E-state index in [1.54, 1.807) is 6.20 Å². The van der Waals surface area contributed by atoms with E-state index in [1.165, 1.54) is 18.5 Å². The molecule has 0 bridgehead atoms. The fraction of sp³-hybridized carbons (Fsp3) is 0.500. The quantitative estimate of drug-likeness (QED) is 0.880. The van der Waals surface area contributed by atoms with Gasteiger partial charge in [-0.15, -0.1) is 0 Å². The predicted octanol–water partition coefficient (Wildman–Crippen LogP) is 3.14. The molecule has 2 aliphatic rings. The van der Waals surface area contributed by atoms with E-state index in [2.05, 4.69) is 38.1 Å². The van der Waals surface area contributed by atoms with Crippen LogP contribution >= 0.6 is 0 Å². The Morgan fingerprint density at radius 1 is 1.16 bits per heavy atom. The summed E-state index contributed by atoms with van der Waals surface area (Å²) in [6.45, 7) is 3.47. The van der Waals surface area contributed by atoms with Crippen LogP contribution in [-0.4, -0.2) is 33.4 Å². The fourth-order valence-corrected chi connectivity index (χ4v) is 3.62. The summed E-state index contributed by atoms with van der Waals surface area (Å²) in [6.07, 6.45) is 8.17. The Morgan fingerprint density at radius 2 is 2.08 bits per heavy atom. The first-order valence-electron chi connectivity index (χ1n) is 9.34. The molecule has 1 N–H and O–H groups in total. The summed E-state index contributed by atoms with van der Waals surface area (Å²) in [7, 11) is 0. The number of nitrogens with one attached hydrogen (secondary N) is 1. The van der Waals surface area contributed by atoms with Crippen LogP contribution in [0.4, 0.5) is 5.82 Å². The van der Waals surface area contributed by atoms with Crippen LogP contribution in [0.2, 0.25) is 0 Å². The van der Waals surface area contributed by atoms with E-state index in [0.29, 0.717) is 17.7 Å². The number of aromatic nitrogens is 2. The summed E-state index contributed by atoms with van der Waals surface area (Å²) in [5.41, 5.74) is 1.25. The molecular weight excluding hydrogens is 312 g/mol. The molecule has 0 spiro atoms. The molecule has 5 heteroatoms. The lowest BCUT2D eigenvalue weighted by Gasteiger charge is -2.24. The van der Waals surface area contributed by atoms with Gasteiger partial charge in [-0.25, -0.2) is 4.98 Å². The number of hydrogen-bond acceptors (Lipinski definition) is 3. The van der Waals surface area contributed by atoms with Crippen LogP contribution in [0, 0.1) is 11.8 Å². The van der Waals surface area contributed by atoms with Gasteiger partial charge in [0, 0.05) is 44.1 Å². The zero-order chi connectivity index (χ0) is 17.1. The summed E-state index contributed by atoms with van der Waals surface area (Å²) in [5, 5.41) is 3.39. The van der Waals surface area contributed by atoms with Crippen LogP contribution in [0.15, 0.2) is 42.7 Å². The first-order valence-corrected chi connectivity index (χ1v) is 9.34. The maximum atomic E-state index is 12.7. The van der Waals surface area contributed by atoms with Gasteiger partial charge in [0.2, 0.25) is 5.91 Å². The Hall–Kier alpha value is -2.30. The van der Waals surface area contributed by atoms with Crippen LogP contribution in [0.3, 0.4) is 0 Å². The van der Waals surface area contributed by atoms with Gasteiger partial charge in [-0.05, 0) is 55.4 Å². The molecular formula is C20H26N4O. The van der Waals surface area contributed by atoms with Gasteiger partial charge in [0.1, 0.15) is 5.82 Å². The highest BCUT2D eigenvalue weighted by Crippen LogP contribution is 2.33. The number of rotatable bonds is 6. The van der Waals surface area contributed by atoms with Gasteiger partial charge in [-0.3, -0.25) is 4.79 Å². The lowest BCUT2D eigenvalue weighted by molar-refractivity contribution is -0.132. The number of anilines is 1. The van der Waals surface area contributed by atoms with E-state index in [4.69, 9.17) is 0 Å². The first-order chi connectivity index (χ1) is 12.3. The lowest BCUT2D eigenvalue weighted by atomic mass is 10.0. The van der Waals surface area contributed by atoms with E-state index in [1.807, 2.05) is 18.2 Å². The standard InChI is InChI=1S/C20H26N4O/c25-20(12-16-6-7-16)24-14-17(13-23-11-3-4-18(23)15-24)8-10-22-19-5-1-2-9-21-19/h1-5,9,11,16-17H,6-8,10,12-15H2,(H,21,22)/t17-/m1/s1. The predicted molar refractivity (Wildman–Crippen MR) is 98.0 cm³/mol. The third-order valence-electron chi connectivity index (χ3n) is 5.25. The first kappa shape index (κ1) is 16.2. The molecule has 2 aromatic heterocycles. The molecule has 1 aliphatic carbocycles. The minimum absolute atomic E-state index is 0.333. The topological polar surface area (TPSA) is 50.2 Å². The van der Waals surface area contributed by atoms with Crippen LogP contribution in [0.5, 0.6) is 0 Å². The largest absolute Gasteiger partial charge is 0.370 e. The molecule has 5 nitrogen and oxygen atoms in total. The highest BCUT2D eigenvalue weighted by molar-refractivity contribution is 5.76. The number of carbonyl (C=O) groups is 1. The average Bonchev–Trinajstić information content (AvgIpc) is 3.37. The third-order valence-corrected chi connectivity index (χ3v) is 5.25. The fourth-order valence-electron chi connectivity index (χ4n) is 3.62. The van der Waals surface area contributed by atoms with Gasteiger partial charge in [0.05, 0.1) is 6.54 Å². The second-order valence-electron chi connectivity index (χ2n) is 7.37. The van der Waals surface area contributed by atoms with Crippen molar-refractivity contribution < 1.29 is 4.79 Å². The van der Waals surface area contributed by atoms with Crippen LogP contribution in [0.25, 0.3) is 0 Å². The van der Waals surface area contributed by atoms with Crippen molar-refractivity contribution in [1.82, 2.24) is 14.5 Å². The number of carbonyl (C=O) groups excluding carboxylic acids is 1. The second-order valence-corrected chi connectivity index (χ2v) is 7.37. The number of amides is 1. The number of nitrogens with zero attached hydrogens (tertiary/aromatic N) is 3. The highest BCUT2D eigenvalue weighted by atomic mass is 16.2. The molecule has 1 amide bonds. The van der Waals surface area contributed by atoms with Crippen molar-refractivity contribution in [3.8, 4) is 0 Å². The molecule has 1 atom stereocenters. The highest BCUT2D eigenvalue weighted by Gasteiger charge is 2.30. The average molecular weight is 338 g/mol. The van der Waals surface area contributed by atoms with Gasteiger partial charge in [-0.2, -0.15) is 0 Å². The van der Waals surface area contributed by atoms with Crippen molar-refractivity contribution in [3.63, 3.8) is 0 Å². The zero-order valence-corrected chi connectivity index (χ0v) is 14.6. The van der Waals surface area contributed by atoms with Crippen molar-refractivity contribution >= 4 is 11.7 Å². The minimum Gasteiger partial charge on any atom is -0.370 e. The maximum Gasteiger partial charge on any atom is 0.223 e. The Morgan fingerprint density at radius 3 is 2.88 bits per heavy atom. The van der Waals surface area contributed by atoms with E-state index in [-0.39, 0.29) is 0 Å². The third kappa shape index (κ3) is 4.21. The summed E-state index contributed by atoms with van der Waals surface area (Å²) >= 11 is 0. The minimum atomic E-state index is 0.333. The lowest BCUT2D eigenvalue weighted by Crippen LogP contribution is -2.34. The van der Waals surface area contributed by atoms with Gasteiger partial charge in [0.15, 0.2) is 0 Å². The molecule has 25 heavy (non-hydrogen) atoms. The molecule has 1 saturated carbocycles. The van der Waals surface area contributed by atoms with Gasteiger partial charge >= 0.3 is 0 Å². The molecule has 2 aromatic rings. The van der Waals surface area contributed by atoms with Crippen molar-refractivity contribution in [3.05, 3.63) is 48.4 Å². The molecule has 132 valence electrons. The SMILES string of the molecule is O=C(CC1CC1)N1Cc2cccn2C[C@@H](CCNc2ccccn2)C1. The molecule has 0 unspecified atom stereocenters. The molecule has 1 aliphatic heterocycles. The van der Waals surface area contributed by atoms with Crippen molar-refractivity contribution in [2.75, 3.05) is 18.4 Å². The molecule has 0 saturated heterocycles. The molecule has 3 heterocycles. The summed E-state index contributed by atoms with van der Waals surface area (Å²) in [4.78, 5) is 19.1. The Labute approximate surface area is 149 Å². The van der Waals surface area contributed by atoms with Gasteiger partial charge in [0.25, 0.3) is 0 Å². The van der Waals surface area contributed by atoms with Crippen LogP contribution in [-0.2, 0) is 17.9 Å². The van der Waals surface area contributed by atoms with Crippen LogP contribution < -0.4 is 5.32 Å². The van der Waals surface area contributed by atoms with Crippen molar-refractivity contribution in [2.24, 2.45) is 11.8 Å². The van der Waals surface area contributed by atoms with Gasteiger partial charge < -0.3 is 14.8 Å². The number of fused-ring (bicyclic) bond motifs is 1. The Kier molecular flexibility index (Phi) is 4.72. The smallest absolute Gasteiger partial charge is 0.223 e. The van der Waals surface area contributed by atoms with Gasteiger partial charge in [-0.1, -0.05) is 6.07 Å². The number of hydrogen-bond donors (Lipinski definition) is 1. The molecule has 4 rings (SSSR count). The van der Waals surface area contributed by atoms with E-state index >= 15 is 0 Å². The molecule has 0 radical (unpaired) electrons. The zero-order valence-electron chi connectivity index (χ0n) is 14.6.